The van der Waals surface area contributed by atoms with E-state index in [0.29, 0.717) is 18.1 Å². The number of carboxylic acids is 1. The van der Waals surface area contributed by atoms with Gasteiger partial charge in [0.2, 0.25) is 0 Å². The lowest BCUT2D eigenvalue weighted by Crippen LogP contribution is -2.49. The van der Waals surface area contributed by atoms with Crippen molar-refractivity contribution in [1.29, 1.82) is 0 Å². The normalized spacial score (nSPS) is 17.1. The monoisotopic (exact) mass is 303 g/mol. The highest BCUT2D eigenvalue weighted by Gasteiger charge is 2.32. The maximum Gasteiger partial charge on any atom is 0.309 e. The van der Waals surface area contributed by atoms with Gasteiger partial charge in [0.25, 0.3) is 0 Å². The van der Waals surface area contributed by atoms with Crippen LogP contribution in [0.2, 0.25) is 5.02 Å². The second kappa shape index (κ2) is 4.73. The smallest absolute Gasteiger partial charge is 0.309 e. The molecule has 1 aliphatic rings. The Morgan fingerprint density at radius 2 is 2.25 bits per heavy atom. The molecular weight excluding hydrogens is 293 g/mol. The fraction of sp³-hybridized carbons (Fsp3) is 0.364. The van der Waals surface area contributed by atoms with Gasteiger partial charge in [-0.25, -0.2) is 0 Å². The highest BCUT2D eigenvalue weighted by molar-refractivity contribution is 9.10. The number of rotatable bonds is 3. The van der Waals surface area contributed by atoms with Gasteiger partial charge in [-0.1, -0.05) is 33.6 Å². The van der Waals surface area contributed by atoms with Gasteiger partial charge >= 0.3 is 5.97 Å². The molecule has 0 bridgehead atoms. The molecule has 0 unspecified atom stereocenters. The maximum atomic E-state index is 10.6. The van der Waals surface area contributed by atoms with Crippen LogP contribution in [0, 0.1) is 5.92 Å². The van der Waals surface area contributed by atoms with Gasteiger partial charge < -0.3 is 5.11 Å². The summed E-state index contributed by atoms with van der Waals surface area (Å²) in [4.78, 5) is 12.7. The second-order valence-electron chi connectivity index (χ2n) is 3.96. The summed E-state index contributed by atoms with van der Waals surface area (Å²) in [5.41, 5.74) is 1.13. The molecule has 1 N–H and O–H groups in total. The topological polar surface area (TPSA) is 40.5 Å². The molecule has 1 aromatic rings. The van der Waals surface area contributed by atoms with E-state index < -0.39 is 5.97 Å². The number of nitrogens with zero attached hydrogens (tertiary/aromatic N) is 1. The zero-order valence-electron chi connectivity index (χ0n) is 8.49. The molecule has 1 saturated heterocycles. The molecule has 0 spiro atoms. The van der Waals surface area contributed by atoms with Crippen LogP contribution in [0.5, 0.6) is 0 Å². The first-order chi connectivity index (χ1) is 7.56. The number of likely N-dealkylation sites (tertiary alicyclic amines) is 1. The van der Waals surface area contributed by atoms with E-state index in [1.54, 1.807) is 0 Å². The third kappa shape index (κ3) is 2.56. The molecule has 1 heterocycles. The van der Waals surface area contributed by atoms with Gasteiger partial charge in [-0.05, 0) is 17.7 Å². The summed E-state index contributed by atoms with van der Waals surface area (Å²) in [6.07, 6.45) is 0. The molecule has 3 nitrogen and oxygen atoms in total. The Morgan fingerprint density at radius 1 is 1.56 bits per heavy atom. The molecule has 0 atom stereocenters. The van der Waals surface area contributed by atoms with Gasteiger partial charge in [-0.15, -0.1) is 0 Å². The van der Waals surface area contributed by atoms with Crippen molar-refractivity contribution in [3.63, 3.8) is 0 Å². The Kier molecular flexibility index (Phi) is 3.52. The average Bonchev–Trinajstić information content (AvgIpc) is 2.12. The van der Waals surface area contributed by atoms with Crippen LogP contribution in [0.1, 0.15) is 5.56 Å². The van der Waals surface area contributed by atoms with Crippen LogP contribution in [-0.2, 0) is 11.3 Å². The summed E-state index contributed by atoms with van der Waals surface area (Å²) in [5.74, 6) is -0.905. The van der Waals surface area contributed by atoms with Crippen LogP contribution in [0.15, 0.2) is 22.7 Å². The predicted molar refractivity (Wildman–Crippen MR) is 65.6 cm³/mol. The fourth-order valence-electron chi connectivity index (χ4n) is 1.75. The van der Waals surface area contributed by atoms with E-state index in [4.69, 9.17) is 16.7 Å². The van der Waals surface area contributed by atoms with Gasteiger partial charge in [-0.2, -0.15) is 0 Å². The van der Waals surface area contributed by atoms with Crippen molar-refractivity contribution < 1.29 is 9.90 Å². The summed E-state index contributed by atoms with van der Waals surface area (Å²) in [6.45, 7) is 2.02. The molecule has 1 aliphatic heterocycles. The number of hydrogen-bond acceptors (Lipinski definition) is 2. The van der Waals surface area contributed by atoms with Crippen molar-refractivity contribution in [2.75, 3.05) is 13.1 Å². The molecule has 0 aromatic heterocycles. The minimum atomic E-state index is -0.702. The Hall–Kier alpha value is -0.580. The number of carbonyl (C=O) groups is 1. The molecular formula is C11H11BrClNO2. The summed E-state index contributed by atoms with van der Waals surface area (Å²) >= 11 is 9.29. The lowest BCUT2D eigenvalue weighted by atomic mass is 10.00. The molecule has 5 heteroatoms. The molecule has 86 valence electrons. The van der Waals surface area contributed by atoms with Crippen molar-refractivity contribution >= 4 is 33.5 Å². The lowest BCUT2D eigenvalue weighted by Gasteiger charge is -2.36. The van der Waals surface area contributed by atoms with E-state index in [1.165, 1.54) is 0 Å². The average molecular weight is 305 g/mol. The van der Waals surface area contributed by atoms with Crippen molar-refractivity contribution in [3.05, 3.63) is 33.3 Å². The van der Waals surface area contributed by atoms with Gasteiger partial charge in [0.1, 0.15) is 0 Å². The number of halogens is 2. The van der Waals surface area contributed by atoms with E-state index in [0.717, 1.165) is 16.6 Å². The first kappa shape index (κ1) is 11.9. The summed E-state index contributed by atoms with van der Waals surface area (Å²) in [6, 6.07) is 5.65. The Balaban J connectivity index is 1.94. The molecule has 2 rings (SSSR count). The first-order valence-electron chi connectivity index (χ1n) is 4.95. The van der Waals surface area contributed by atoms with Crippen LogP contribution < -0.4 is 0 Å². The first-order valence-corrected chi connectivity index (χ1v) is 6.12. The molecule has 1 fully saturated rings. The number of aliphatic carboxylic acids is 1. The third-order valence-electron chi connectivity index (χ3n) is 2.72. The summed E-state index contributed by atoms with van der Waals surface area (Å²) in [7, 11) is 0. The molecule has 0 saturated carbocycles. The van der Waals surface area contributed by atoms with E-state index in [2.05, 4.69) is 20.8 Å². The molecule has 1 aromatic carbocycles. The summed E-state index contributed by atoms with van der Waals surface area (Å²) < 4.78 is 0.971. The molecule has 0 aliphatic carbocycles. The van der Waals surface area contributed by atoms with Crippen molar-refractivity contribution in [3.8, 4) is 0 Å². The Bertz CT molecular complexity index is 418. The van der Waals surface area contributed by atoms with Crippen LogP contribution in [0.4, 0.5) is 0 Å². The quantitative estimate of drug-likeness (QED) is 0.933. The molecule has 0 radical (unpaired) electrons. The second-order valence-corrected chi connectivity index (χ2v) is 5.26. The van der Waals surface area contributed by atoms with Gasteiger partial charge in [0, 0.05) is 29.1 Å². The maximum absolute atomic E-state index is 10.6. The van der Waals surface area contributed by atoms with Crippen LogP contribution in [0.25, 0.3) is 0 Å². The van der Waals surface area contributed by atoms with Crippen molar-refractivity contribution in [1.82, 2.24) is 4.90 Å². The molecule has 0 amide bonds. The van der Waals surface area contributed by atoms with Gasteiger partial charge in [0.05, 0.1) is 5.92 Å². The highest BCUT2D eigenvalue weighted by atomic mass is 79.9. The van der Waals surface area contributed by atoms with Crippen LogP contribution in [0.3, 0.4) is 0 Å². The predicted octanol–water partition coefficient (Wildman–Crippen LogP) is 2.62. The van der Waals surface area contributed by atoms with Crippen molar-refractivity contribution in [2.24, 2.45) is 5.92 Å². The Labute approximate surface area is 107 Å². The van der Waals surface area contributed by atoms with Crippen LogP contribution >= 0.6 is 27.5 Å². The Morgan fingerprint density at radius 3 is 2.81 bits per heavy atom. The SMILES string of the molecule is O=C(O)C1CN(Cc2ccc(Cl)cc2Br)C1. The summed E-state index contributed by atoms with van der Waals surface area (Å²) in [5, 5.41) is 9.45. The lowest BCUT2D eigenvalue weighted by molar-refractivity contribution is -0.147. The van der Waals surface area contributed by atoms with E-state index in [9.17, 15) is 4.79 Å². The fourth-order valence-corrected chi connectivity index (χ4v) is 2.55. The highest BCUT2D eigenvalue weighted by Crippen LogP contribution is 2.25. The van der Waals surface area contributed by atoms with E-state index in [-0.39, 0.29) is 5.92 Å². The van der Waals surface area contributed by atoms with Gasteiger partial charge in [-0.3, -0.25) is 9.69 Å². The number of carboxylic acid groups (broad SMARTS) is 1. The van der Waals surface area contributed by atoms with Gasteiger partial charge in [0.15, 0.2) is 0 Å². The van der Waals surface area contributed by atoms with Crippen molar-refractivity contribution in [2.45, 2.75) is 6.54 Å². The zero-order valence-corrected chi connectivity index (χ0v) is 10.8. The minimum absolute atomic E-state index is 0.203. The van der Waals surface area contributed by atoms with Crippen LogP contribution in [-0.4, -0.2) is 29.1 Å². The number of benzene rings is 1. The van der Waals surface area contributed by atoms with E-state index >= 15 is 0 Å². The molecule has 16 heavy (non-hydrogen) atoms. The minimum Gasteiger partial charge on any atom is -0.481 e. The number of hydrogen-bond donors (Lipinski definition) is 1. The third-order valence-corrected chi connectivity index (χ3v) is 3.69. The van der Waals surface area contributed by atoms with E-state index in [1.807, 2.05) is 18.2 Å². The zero-order chi connectivity index (χ0) is 11.7. The standard InChI is InChI=1S/C11H11BrClNO2/c12-10-3-9(13)2-1-7(10)4-14-5-8(6-14)11(15)16/h1-3,8H,4-6H2,(H,15,16). The largest absolute Gasteiger partial charge is 0.481 e.